The summed E-state index contributed by atoms with van der Waals surface area (Å²) < 4.78 is 1.06. The van der Waals surface area contributed by atoms with Crippen LogP contribution in [0.4, 0.5) is 0 Å². The molecule has 0 heterocycles. The lowest BCUT2D eigenvalue weighted by atomic mass is 10.1. The van der Waals surface area contributed by atoms with Gasteiger partial charge in [0.05, 0.1) is 0 Å². The van der Waals surface area contributed by atoms with Crippen molar-refractivity contribution in [3.05, 3.63) is 68.8 Å². The Morgan fingerprint density at radius 3 is 2.59 bits per heavy atom. The van der Waals surface area contributed by atoms with Gasteiger partial charge in [-0.15, -0.1) is 11.8 Å². The predicted octanol–water partition coefficient (Wildman–Crippen LogP) is 5.46. The van der Waals surface area contributed by atoms with Crippen molar-refractivity contribution < 1.29 is 9.90 Å². The van der Waals surface area contributed by atoms with Crippen molar-refractivity contribution in [1.82, 2.24) is 0 Å². The van der Waals surface area contributed by atoms with E-state index in [1.54, 1.807) is 17.8 Å². The van der Waals surface area contributed by atoms with E-state index in [2.05, 4.69) is 46.9 Å². The number of carboxylic acids is 1. The number of thioether (sulfide) groups is 1. The molecule has 0 aliphatic carbocycles. The maximum absolute atomic E-state index is 11.2. The van der Waals surface area contributed by atoms with E-state index >= 15 is 0 Å². The molecule has 2 rings (SSSR count). The summed E-state index contributed by atoms with van der Waals surface area (Å²) in [6, 6.07) is 16.5. The fourth-order valence-corrected chi connectivity index (χ4v) is 3.36. The van der Waals surface area contributed by atoms with Crippen molar-refractivity contribution in [3.8, 4) is 0 Å². The Hall–Kier alpha value is -1.27. The molecule has 0 radical (unpaired) electrons. The van der Waals surface area contributed by atoms with Gasteiger partial charge in [-0.3, -0.25) is 0 Å². The molecule has 0 saturated carbocycles. The fourth-order valence-electron chi connectivity index (χ4n) is 1.97. The summed E-state index contributed by atoms with van der Waals surface area (Å²) in [5.74, 6) is 0.0603. The first kappa shape index (κ1) is 17.1. The lowest BCUT2D eigenvalue weighted by molar-refractivity contribution is -0.132. The van der Waals surface area contributed by atoms with E-state index in [4.69, 9.17) is 0 Å². The van der Waals surface area contributed by atoms with Gasteiger partial charge in [-0.1, -0.05) is 37.3 Å². The maximum Gasteiger partial charge on any atom is 0.331 e. The van der Waals surface area contributed by atoms with Gasteiger partial charge in [0.1, 0.15) is 0 Å². The number of rotatable bonds is 6. The SMILES string of the molecule is CC/C(=C/c1cc(SCc2ccccc2)ccc1I)C(=O)O. The monoisotopic (exact) mass is 424 g/mol. The van der Waals surface area contributed by atoms with Gasteiger partial charge in [0, 0.05) is 19.8 Å². The molecule has 114 valence electrons. The maximum atomic E-state index is 11.2. The Morgan fingerprint density at radius 1 is 1.23 bits per heavy atom. The Kier molecular flexibility index (Phi) is 6.51. The summed E-state index contributed by atoms with van der Waals surface area (Å²) in [6.07, 6.45) is 2.30. The van der Waals surface area contributed by atoms with Gasteiger partial charge < -0.3 is 5.11 Å². The summed E-state index contributed by atoms with van der Waals surface area (Å²) in [7, 11) is 0. The number of hydrogen-bond donors (Lipinski definition) is 1. The molecule has 0 saturated heterocycles. The third-order valence-electron chi connectivity index (χ3n) is 3.20. The van der Waals surface area contributed by atoms with E-state index in [0.717, 1.165) is 19.8 Å². The summed E-state index contributed by atoms with van der Waals surface area (Å²) in [4.78, 5) is 12.3. The Balaban J connectivity index is 2.18. The molecule has 2 aromatic rings. The van der Waals surface area contributed by atoms with Crippen LogP contribution in [-0.4, -0.2) is 11.1 Å². The molecular weight excluding hydrogens is 407 g/mol. The van der Waals surface area contributed by atoms with Crippen LogP contribution < -0.4 is 0 Å². The summed E-state index contributed by atoms with van der Waals surface area (Å²) in [5.41, 5.74) is 2.68. The zero-order chi connectivity index (χ0) is 15.9. The van der Waals surface area contributed by atoms with E-state index in [1.807, 2.05) is 31.2 Å². The molecule has 4 heteroatoms. The van der Waals surface area contributed by atoms with Crippen molar-refractivity contribution in [2.75, 3.05) is 0 Å². The van der Waals surface area contributed by atoms with Gasteiger partial charge in [0.2, 0.25) is 0 Å². The highest BCUT2D eigenvalue weighted by Gasteiger charge is 2.07. The highest BCUT2D eigenvalue weighted by atomic mass is 127. The second-order valence-electron chi connectivity index (χ2n) is 4.79. The number of carboxylic acid groups (broad SMARTS) is 1. The molecule has 2 nitrogen and oxygen atoms in total. The third-order valence-corrected chi connectivity index (χ3v) is 5.25. The van der Waals surface area contributed by atoms with Crippen molar-refractivity contribution in [2.45, 2.75) is 24.0 Å². The van der Waals surface area contributed by atoms with E-state index in [9.17, 15) is 9.90 Å². The molecule has 0 aliphatic rings. The molecular formula is C18H17IO2S. The average Bonchev–Trinajstić information content (AvgIpc) is 2.53. The van der Waals surface area contributed by atoms with E-state index in [0.29, 0.717) is 12.0 Å². The second-order valence-corrected chi connectivity index (χ2v) is 7.00. The molecule has 0 bridgehead atoms. The Bertz CT molecular complexity index is 681. The van der Waals surface area contributed by atoms with Crippen LogP contribution in [-0.2, 0) is 10.5 Å². The molecule has 0 amide bonds. The molecule has 0 aliphatic heterocycles. The van der Waals surface area contributed by atoms with Gasteiger partial charge in [0.25, 0.3) is 0 Å². The van der Waals surface area contributed by atoms with E-state index < -0.39 is 5.97 Å². The number of hydrogen-bond acceptors (Lipinski definition) is 2. The molecule has 0 unspecified atom stereocenters. The van der Waals surface area contributed by atoms with Crippen molar-refractivity contribution in [1.29, 1.82) is 0 Å². The smallest absolute Gasteiger partial charge is 0.331 e. The number of carbonyl (C=O) groups is 1. The minimum atomic E-state index is -0.847. The first-order valence-electron chi connectivity index (χ1n) is 7.00. The summed E-state index contributed by atoms with van der Waals surface area (Å²) >= 11 is 4.00. The number of benzene rings is 2. The first-order valence-corrected chi connectivity index (χ1v) is 9.06. The minimum absolute atomic E-state index is 0.433. The molecule has 0 atom stereocenters. The van der Waals surface area contributed by atoms with E-state index in [-0.39, 0.29) is 0 Å². The van der Waals surface area contributed by atoms with Crippen molar-refractivity contribution >= 4 is 46.4 Å². The van der Waals surface area contributed by atoms with Gasteiger partial charge in [0.15, 0.2) is 0 Å². The van der Waals surface area contributed by atoms with Crippen LogP contribution >= 0.6 is 34.4 Å². The normalized spacial score (nSPS) is 11.5. The van der Waals surface area contributed by atoms with Crippen molar-refractivity contribution in [2.24, 2.45) is 0 Å². The number of halogens is 1. The largest absolute Gasteiger partial charge is 0.478 e. The van der Waals surface area contributed by atoms with Crippen LogP contribution in [0, 0.1) is 3.57 Å². The zero-order valence-corrected chi connectivity index (χ0v) is 15.2. The topological polar surface area (TPSA) is 37.3 Å². The lowest BCUT2D eigenvalue weighted by Gasteiger charge is -2.06. The number of aliphatic carboxylic acids is 1. The van der Waals surface area contributed by atoms with Crippen LogP contribution in [0.15, 0.2) is 59.0 Å². The summed E-state index contributed by atoms with van der Waals surface area (Å²) in [6.45, 7) is 1.86. The first-order chi connectivity index (χ1) is 10.6. The van der Waals surface area contributed by atoms with Gasteiger partial charge in [-0.25, -0.2) is 4.79 Å². The standard InChI is InChI=1S/C18H17IO2S/c1-2-14(18(20)21)10-15-11-16(8-9-17(15)19)22-12-13-6-4-3-5-7-13/h3-11H,2,12H2,1H3,(H,20,21)/b14-10-. The van der Waals surface area contributed by atoms with Gasteiger partial charge in [-0.05, 0) is 64.4 Å². The average molecular weight is 424 g/mol. The minimum Gasteiger partial charge on any atom is -0.478 e. The molecule has 2 aromatic carbocycles. The van der Waals surface area contributed by atoms with Crippen LogP contribution in [0.1, 0.15) is 24.5 Å². The quantitative estimate of drug-likeness (QED) is 0.380. The zero-order valence-electron chi connectivity index (χ0n) is 12.3. The third kappa shape index (κ3) is 4.88. The van der Waals surface area contributed by atoms with Gasteiger partial charge in [-0.2, -0.15) is 0 Å². The summed E-state index contributed by atoms with van der Waals surface area (Å²) in [5, 5.41) is 9.17. The Labute approximate surface area is 148 Å². The second kappa shape index (κ2) is 8.39. The van der Waals surface area contributed by atoms with E-state index in [1.165, 1.54) is 5.56 Å². The molecule has 1 N–H and O–H groups in total. The van der Waals surface area contributed by atoms with Crippen LogP contribution in [0.25, 0.3) is 6.08 Å². The Morgan fingerprint density at radius 2 is 1.95 bits per heavy atom. The molecule has 0 aromatic heterocycles. The molecule has 22 heavy (non-hydrogen) atoms. The highest BCUT2D eigenvalue weighted by molar-refractivity contribution is 14.1. The predicted molar refractivity (Wildman–Crippen MR) is 101 cm³/mol. The lowest BCUT2D eigenvalue weighted by Crippen LogP contribution is -1.99. The van der Waals surface area contributed by atoms with Gasteiger partial charge >= 0.3 is 5.97 Å². The van der Waals surface area contributed by atoms with Crippen LogP contribution in [0.5, 0.6) is 0 Å². The highest BCUT2D eigenvalue weighted by Crippen LogP contribution is 2.27. The van der Waals surface area contributed by atoms with Crippen molar-refractivity contribution in [3.63, 3.8) is 0 Å². The molecule has 0 spiro atoms. The molecule has 0 fully saturated rings. The van der Waals surface area contributed by atoms with Crippen LogP contribution in [0.2, 0.25) is 0 Å². The fraction of sp³-hybridized carbons (Fsp3) is 0.167. The van der Waals surface area contributed by atoms with Crippen LogP contribution in [0.3, 0.4) is 0 Å².